The van der Waals surface area contributed by atoms with Crippen molar-refractivity contribution < 1.29 is 19.3 Å². The highest BCUT2D eigenvalue weighted by molar-refractivity contribution is 6.74. The average molecular weight is 365 g/mol. The lowest BCUT2D eigenvalue weighted by molar-refractivity contribution is -0.392. The zero-order valence-electron chi connectivity index (χ0n) is 16.4. The summed E-state index contributed by atoms with van der Waals surface area (Å²) in [6.45, 7) is 11.1. The first-order chi connectivity index (χ1) is 11.7. The van der Waals surface area contributed by atoms with E-state index >= 15 is 0 Å². The van der Waals surface area contributed by atoms with Crippen LogP contribution in [-0.4, -0.2) is 20.7 Å². The summed E-state index contributed by atoms with van der Waals surface area (Å²) in [5, 5.41) is 9.85. The van der Waals surface area contributed by atoms with Crippen molar-refractivity contribution in [3.05, 3.63) is 41.5 Å². The van der Waals surface area contributed by atoms with Gasteiger partial charge in [-0.05, 0) is 61.5 Å². The molecular formula is C20H32O4Si. The standard InChI is InChI=1S/C20H32O4Si/c1-19(2,3)25(5,6)23-18-14-10-13-17(15-18)20(22-4,24-21)16-11-8-7-9-12-16/h10-11,13-15,21H,7-9,12H2,1-6H3. The molecule has 25 heavy (non-hydrogen) atoms. The Morgan fingerprint density at radius 1 is 1.12 bits per heavy atom. The van der Waals surface area contributed by atoms with Gasteiger partial charge in [0.05, 0.1) is 0 Å². The molecule has 0 aliphatic heterocycles. The van der Waals surface area contributed by atoms with Crippen LogP contribution in [0, 0.1) is 0 Å². The summed E-state index contributed by atoms with van der Waals surface area (Å²) >= 11 is 0. The molecule has 5 heteroatoms. The Kier molecular flexibility index (Phi) is 6.15. The molecule has 1 N–H and O–H groups in total. The molecular weight excluding hydrogens is 332 g/mol. The molecule has 0 saturated carbocycles. The Hall–Kier alpha value is -1.14. The van der Waals surface area contributed by atoms with E-state index in [9.17, 15) is 5.26 Å². The summed E-state index contributed by atoms with van der Waals surface area (Å²) in [6, 6.07) is 7.72. The normalized spacial score (nSPS) is 18.4. The van der Waals surface area contributed by atoms with E-state index in [2.05, 4.69) is 39.9 Å². The molecule has 0 fully saturated rings. The van der Waals surface area contributed by atoms with Crippen molar-refractivity contribution in [2.24, 2.45) is 0 Å². The van der Waals surface area contributed by atoms with Crippen LogP contribution < -0.4 is 4.43 Å². The van der Waals surface area contributed by atoms with Crippen molar-refractivity contribution in [2.45, 2.75) is 70.4 Å². The molecule has 0 saturated heterocycles. The number of ether oxygens (including phenoxy) is 1. The van der Waals surface area contributed by atoms with Crippen molar-refractivity contribution in [1.29, 1.82) is 0 Å². The quantitative estimate of drug-likeness (QED) is 0.226. The number of rotatable bonds is 6. The van der Waals surface area contributed by atoms with E-state index in [-0.39, 0.29) is 5.04 Å². The van der Waals surface area contributed by atoms with Crippen LogP contribution in [0.2, 0.25) is 18.1 Å². The average Bonchev–Trinajstić information content (AvgIpc) is 2.56. The Balaban J connectivity index is 2.40. The Morgan fingerprint density at radius 2 is 1.84 bits per heavy atom. The SMILES string of the molecule is COC(OO)(C1=CCCCC1)c1cccc(O[Si](C)(C)C(C)(C)C)c1. The number of benzene rings is 1. The van der Waals surface area contributed by atoms with E-state index in [1.165, 1.54) is 0 Å². The molecule has 0 amide bonds. The van der Waals surface area contributed by atoms with Gasteiger partial charge in [-0.15, -0.1) is 0 Å². The third-order valence-corrected chi connectivity index (χ3v) is 9.88. The zero-order valence-corrected chi connectivity index (χ0v) is 17.4. The molecule has 140 valence electrons. The summed E-state index contributed by atoms with van der Waals surface area (Å²) in [5.74, 6) is -0.466. The zero-order chi connectivity index (χ0) is 18.7. The van der Waals surface area contributed by atoms with Crippen LogP contribution >= 0.6 is 0 Å². The summed E-state index contributed by atoms with van der Waals surface area (Å²) in [5.41, 5.74) is 1.72. The Bertz CT molecular complexity index is 612. The van der Waals surface area contributed by atoms with E-state index in [1.54, 1.807) is 7.11 Å². The minimum atomic E-state index is -1.95. The van der Waals surface area contributed by atoms with Gasteiger partial charge in [0.1, 0.15) is 5.75 Å². The van der Waals surface area contributed by atoms with Gasteiger partial charge in [0.2, 0.25) is 14.1 Å². The minimum absolute atomic E-state index is 0.112. The van der Waals surface area contributed by atoms with Crippen molar-refractivity contribution in [3.63, 3.8) is 0 Å². The summed E-state index contributed by atoms with van der Waals surface area (Å²) in [4.78, 5) is 4.93. The van der Waals surface area contributed by atoms with Gasteiger partial charge in [-0.2, -0.15) is 4.89 Å². The van der Waals surface area contributed by atoms with Crippen molar-refractivity contribution in [3.8, 4) is 5.75 Å². The van der Waals surface area contributed by atoms with Crippen LogP contribution in [0.3, 0.4) is 0 Å². The highest BCUT2D eigenvalue weighted by atomic mass is 28.4. The Morgan fingerprint density at radius 3 is 2.36 bits per heavy atom. The Labute approximate surface area is 152 Å². The molecule has 1 aliphatic rings. The molecule has 1 aromatic carbocycles. The maximum Gasteiger partial charge on any atom is 0.250 e. The topological polar surface area (TPSA) is 47.9 Å². The largest absolute Gasteiger partial charge is 0.543 e. The van der Waals surface area contributed by atoms with Crippen LogP contribution in [0.5, 0.6) is 5.75 Å². The van der Waals surface area contributed by atoms with Gasteiger partial charge in [0, 0.05) is 12.7 Å². The van der Waals surface area contributed by atoms with Crippen LogP contribution in [-0.2, 0) is 15.4 Å². The monoisotopic (exact) mass is 364 g/mol. The molecule has 4 nitrogen and oxygen atoms in total. The van der Waals surface area contributed by atoms with E-state index in [4.69, 9.17) is 14.1 Å². The molecule has 0 radical (unpaired) electrons. The molecule has 2 rings (SSSR count). The fourth-order valence-electron chi connectivity index (χ4n) is 2.93. The number of methoxy groups -OCH3 is 1. The van der Waals surface area contributed by atoms with E-state index in [1.807, 2.05) is 24.3 Å². The molecule has 1 atom stereocenters. The second kappa shape index (κ2) is 7.62. The van der Waals surface area contributed by atoms with Gasteiger partial charge in [-0.3, -0.25) is 0 Å². The van der Waals surface area contributed by atoms with Gasteiger partial charge in [0.15, 0.2) is 0 Å². The number of hydrogen-bond acceptors (Lipinski definition) is 4. The van der Waals surface area contributed by atoms with E-state index in [0.29, 0.717) is 0 Å². The summed E-state index contributed by atoms with van der Waals surface area (Å²) in [7, 11) is -0.384. The molecule has 1 aromatic rings. The maximum atomic E-state index is 9.74. The highest BCUT2D eigenvalue weighted by Crippen LogP contribution is 2.41. The second-order valence-electron chi connectivity index (χ2n) is 8.28. The maximum absolute atomic E-state index is 9.74. The lowest BCUT2D eigenvalue weighted by Gasteiger charge is -2.37. The van der Waals surface area contributed by atoms with E-state index < -0.39 is 14.1 Å². The second-order valence-corrected chi connectivity index (χ2v) is 13.0. The van der Waals surface area contributed by atoms with Crippen LogP contribution in [0.15, 0.2) is 35.9 Å². The summed E-state index contributed by atoms with van der Waals surface area (Å²) in [6.07, 6.45) is 6.17. The molecule has 1 aliphatic carbocycles. The van der Waals surface area contributed by atoms with Gasteiger partial charge in [-0.25, -0.2) is 5.26 Å². The predicted octanol–water partition coefficient (Wildman–Crippen LogP) is 5.86. The van der Waals surface area contributed by atoms with Gasteiger partial charge in [0.25, 0.3) is 0 Å². The van der Waals surface area contributed by atoms with Gasteiger partial charge in [-0.1, -0.05) is 39.0 Å². The van der Waals surface area contributed by atoms with Crippen molar-refractivity contribution in [2.75, 3.05) is 7.11 Å². The van der Waals surface area contributed by atoms with Gasteiger partial charge >= 0.3 is 0 Å². The van der Waals surface area contributed by atoms with Crippen LogP contribution in [0.25, 0.3) is 0 Å². The molecule has 0 spiro atoms. The first kappa shape index (κ1) is 20.2. The van der Waals surface area contributed by atoms with Gasteiger partial charge < -0.3 is 9.16 Å². The highest BCUT2D eigenvalue weighted by Gasteiger charge is 2.41. The molecule has 0 heterocycles. The minimum Gasteiger partial charge on any atom is -0.543 e. The smallest absolute Gasteiger partial charge is 0.250 e. The van der Waals surface area contributed by atoms with Crippen LogP contribution in [0.1, 0.15) is 52.0 Å². The van der Waals surface area contributed by atoms with Crippen molar-refractivity contribution >= 4 is 8.32 Å². The lowest BCUT2D eigenvalue weighted by atomic mass is 9.88. The number of hydrogen-bond donors (Lipinski definition) is 1. The number of allylic oxidation sites excluding steroid dienone is 1. The van der Waals surface area contributed by atoms with Crippen LogP contribution in [0.4, 0.5) is 0 Å². The first-order valence-corrected chi connectivity index (χ1v) is 11.9. The predicted molar refractivity (Wildman–Crippen MR) is 103 cm³/mol. The summed E-state index contributed by atoms with van der Waals surface area (Å²) < 4.78 is 12.1. The fraction of sp³-hybridized carbons (Fsp3) is 0.600. The first-order valence-electron chi connectivity index (χ1n) is 9.03. The lowest BCUT2D eigenvalue weighted by Crippen LogP contribution is -2.44. The van der Waals surface area contributed by atoms with Crippen molar-refractivity contribution in [1.82, 2.24) is 0 Å². The van der Waals surface area contributed by atoms with E-state index in [0.717, 1.165) is 42.6 Å². The molecule has 0 bridgehead atoms. The molecule has 0 aromatic heterocycles. The third kappa shape index (κ3) is 4.17. The fourth-order valence-corrected chi connectivity index (χ4v) is 3.95. The third-order valence-electron chi connectivity index (χ3n) is 5.52. The molecule has 1 unspecified atom stereocenters.